The second kappa shape index (κ2) is 9.03. The van der Waals surface area contributed by atoms with E-state index in [1.165, 1.54) is 21.2 Å². The van der Waals surface area contributed by atoms with E-state index in [9.17, 15) is 14.4 Å². The number of aryl methyl sites for hydroxylation is 1. The maximum atomic E-state index is 13.1. The number of hydrogen-bond donors (Lipinski definition) is 2. The highest BCUT2D eigenvalue weighted by Gasteiger charge is 2.29. The SMILES string of the molecule is CCN(C(=O)CSc1nnc(C)n1C1CC1)c1c(N)n(Cc2ccccc2)c(=O)[nH]c1=O. The number of nitrogens with two attached hydrogens (primary N) is 1. The van der Waals surface area contributed by atoms with E-state index in [1.807, 2.05) is 37.3 Å². The van der Waals surface area contributed by atoms with E-state index in [4.69, 9.17) is 5.73 Å². The number of aromatic nitrogens is 5. The zero-order valence-electron chi connectivity index (χ0n) is 17.9. The lowest BCUT2D eigenvalue weighted by Gasteiger charge is -2.23. The Kier molecular flexibility index (Phi) is 6.17. The van der Waals surface area contributed by atoms with Gasteiger partial charge in [0.15, 0.2) is 10.8 Å². The summed E-state index contributed by atoms with van der Waals surface area (Å²) in [6.07, 6.45) is 2.16. The number of aromatic amines is 1. The van der Waals surface area contributed by atoms with Gasteiger partial charge in [-0.2, -0.15) is 0 Å². The highest BCUT2D eigenvalue weighted by Crippen LogP contribution is 2.38. The van der Waals surface area contributed by atoms with Gasteiger partial charge in [0.2, 0.25) is 5.91 Å². The number of carbonyl (C=O) groups is 1. The zero-order valence-corrected chi connectivity index (χ0v) is 18.8. The molecule has 0 bridgehead atoms. The number of nitrogen functional groups attached to an aromatic ring is 1. The molecule has 0 unspecified atom stereocenters. The van der Waals surface area contributed by atoms with Gasteiger partial charge in [0.05, 0.1) is 12.3 Å². The van der Waals surface area contributed by atoms with Crippen LogP contribution in [-0.4, -0.2) is 42.5 Å². The van der Waals surface area contributed by atoms with E-state index in [-0.39, 0.29) is 36.3 Å². The van der Waals surface area contributed by atoms with Gasteiger partial charge >= 0.3 is 5.69 Å². The summed E-state index contributed by atoms with van der Waals surface area (Å²) in [5, 5.41) is 8.99. The number of nitrogens with one attached hydrogen (secondary N) is 1. The number of thioether (sulfide) groups is 1. The first-order valence-corrected chi connectivity index (χ1v) is 11.4. The molecule has 1 aromatic carbocycles. The summed E-state index contributed by atoms with van der Waals surface area (Å²) in [6, 6.07) is 9.68. The summed E-state index contributed by atoms with van der Waals surface area (Å²) in [5.74, 6) is 0.543. The van der Waals surface area contributed by atoms with Crippen LogP contribution >= 0.6 is 11.8 Å². The molecule has 3 N–H and O–H groups in total. The molecule has 0 spiro atoms. The van der Waals surface area contributed by atoms with Gasteiger partial charge in [0.1, 0.15) is 11.6 Å². The van der Waals surface area contributed by atoms with Gasteiger partial charge in [-0.25, -0.2) is 4.79 Å². The predicted octanol–water partition coefficient (Wildman–Crippen LogP) is 1.55. The summed E-state index contributed by atoms with van der Waals surface area (Å²) in [6.45, 7) is 4.06. The van der Waals surface area contributed by atoms with Crippen LogP contribution in [0.15, 0.2) is 45.1 Å². The number of rotatable bonds is 8. The van der Waals surface area contributed by atoms with Gasteiger partial charge in [0, 0.05) is 12.6 Å². The number of hydrogen-bond acceptors (Lipinski definition) is 7. The van der Waals surface area contributed by atoms with Gasteiger partial charge in [-0.15, -0.1) is 10.2 Å². The molecule has 168 valence electrons. The van der Waals surface area contributed by atoms with E-state index in [1.54, 1.807) is 6.92 Å². The monoisotopic (exact) mass is 455 g/mol. The highest BCUT2D eigenvalue weighted by atomic mass is 32.2. The normalized spacial score (nSPS) is 13.3. The van der Waals surface area contributed by atoms with E-state index in [2.05, 4.69) is 19.7 Å². The molecule has 2 aromatic heterocycles. The lowest BCUT2D eigenvalue weighted by molar-refractivity contribution is -0.116. The standard InChI is InChI=1S/C21H25N7O3S/c1-3-26(16(29)12-32-21-25-24-13(2)28(21)15-9-10-15)17-18(22)27(20(31)23-19(17)30)11-14-7-5-4-6-8-14/h4-8,15H,3,9-12,22H2,1-2H3,(H,23,30,31). The summed E-state index contributed by atoms with van der Waals surface area (Å²) >= 11 is 1.28. The second-order valence-corrected chi connectivity index (χ2v) is 8.57. The van der Waals surface area contributed by atoms with Crippen molar-refractivity contribution < 1.29 is 4.79 Å². The van der Waals surface area contributed by atoms with Crippen LogP contribution in [-0.2, 0) is 11.3 Å². The zero-order chi connectivity index (χ0) is 22.8. The molecule has 1 aliphatic carbocycles. The van der Waals surface area contributed by atoms with Crippen LogP contribution in [0.3, 0.4) is 0 Å². The van der Waals surface area contributed by atoms with Crippen molar-refractivity contribution in [1.82, 2.24) is 24.3 Å². The van der Waals surface area contributed by atoms with Crippen molar-refractivity contribution in [3.63, 3.8) is 0 Å². The summed E-state index contributed by atoms with van der Waals surface area (Å²) in [5.41, 5.74) is 5.77. The molecule has 0 aliphatic heterocycles. The average molecular weight is 456 g/mol. The van der Waals surface area contributed by atoms with Gasteiger partial charge in [-0.1, -0.05) is 42.1 Å². The van der Waals surface area contributed by atoms with E-state index >= 15 is 0 Å². The van der Waals surface area contributed by atoms with Gasteiger partial charge < -0.3 is 15.2 Å². The Morgan fingerprint density at radius 1 is 1.25 bits per heavy atom. The molecule has 0 saturated heterocycles. The van der Waals surface area contributed by atoms with Gasteiger partial charge in [-0.3, -0.25) is 19.1 Å². The second-order valence-electron chi connectivity index (χ2n) is 7.62. The minimum absolute atomic E-state index is 0.0199. The fraction of sp³-hybridized carbons (Fsp3) is 0.381. The maximum absolute atomic E-state index is 13.1. The molecule has 11 heteroatoms. The van der Waals surface area contributed by atoms with E-state index in [0.29, 0.717) is 11.2 Å². The molecule has 1 aliphatic rings. The largest absolute Gasteiger partial charge is 0.383 e. The Bertz CT molecular complexity index is 1240. The van der Waals surface area contributed by atoms with Crippen molar-refractivity contribution >= 4 is 29.2 Å². The lowest BCUT2D eigenvalue weighted by atomic mass is 10.2. The Morgan fingerprint density at radius 3 is 2.62 bits per heavy atom. The molecule has 3 aromatic rings. The average Bonchev–Trinajstić information content (AvgIpc) is 3.55. The molecular formula is C21H25N7O3S. The van der Waals surface area contributed by atoms with Gasteiger partial charge in [-0.05, 0) is 32.3 Å². The molecule has 0 atom stereocenters. The van der Waals surface area contributed by atoms with Gasteiger partial charge in [0.25, 0.3) is 5.56 Å². The van der Waals surface area contributed by atoms with Crippen LogP contribution in [0.2, 0.25) is 0 Å². The Balaban J connectivity index is 1.59. The Morgan fingerprint density at radius 2 is 1.97 bits per heavy atom. The molecule has 1 amide bonds. The van der Waals surface area contributed by atoms with Crippen molar-refractivity contribution in [3.05, 3.63) is 62.6 Å². The van der Waals surface area contributed by atoms with Crippen LogP contribution in [0.4, 0.5) is 11.5 Å². The minimum Gasteiger partial charge on any atom is -0.383 e. The number of benzene rings is 1. The van der Waals surface area contributed by atoms with Crippen molar-refractivity contribution in [2.45, 2.75) is 44.4 Å². The Hall–Kier alpha value is -3.34. The van der Waals surface area contributed by atoms with E-state index < -0.39 is 11.2 Å². The summed E-state index contributed by atoms with van der Waals surface area (Å²) in [4.78, 5) is 41.7. The first-order chi connectivity index (χ1) is 15.4. The van der Waals surface area contributed by atoms with Crippen molar-refractivity contribution in [3.8, 4) is 0 Å². The summed E-state index contributed by atoms with van der Waals surface area (Å²) < 4.78 is 3.32. The van der Waals surface area contributed by atoms with Crippen LogP contribution in [0.5, 0.6) is 0 Å². The predicted molar refractivity (Wildman–Crippen MR) is 123 cm³/mol. The number of carbonyl (C=O) groups excluding carboxylic acids is 1. The number of amides is 1. The van der Waals surface area contributed by atoms with Crippen molar-refractivity contribution in [2.75, 3.05) is 22.9 Å². The fourth-order valence-electron chi connectivity index (χ4n) is 3.63. The van der Waals surface area contributed by atoms with Crippen molar-refractivity contribution in [1.29, 1.82) is 0 Å². The lowest BCUT2D eigenvalue weighted by Crippen LogP contribution is -2.41. The smallest absolute Gasteiger partial charge is 0.330 e. The molecule has 1 fully saturated rings. The highest BCUT2D eigenvalue weighted by molar-refractivity contribution is 7.99. The van der Waals surface area contributed by atoms with Crippen LogP contribution in [0.1, 0.15) is 37.2 Å². The van der Waals surface area contributed by atoms with E-state index in [0.717, 1.165) is 24.2 Å². The fourth-order valence-corrected chi connectivity index (χ4v) is 4.55. The molecule has 10 nitrogen and oxygen atoms in total. The van der Waals surface area contributed by atoms with Crippen LogP contribution < -0.4 is 21.9 Å². The maximum Gasteiger partial charge on any atom is 0.330 e. The first kappa shape index (κ1) is 21.9. The number of nitrogens with zero attached hydrogens (tertiary/aromatic N) is 5. The third-order valence-corrected chi connectivity index (χ3v) is 6.28. The molecule has 2 heterocycles. The number of anilines is 2. The van der Waals surface area contributed by atoms with Crippen molar-refractivity contribution in [2.24, 2.45) is 0 Å². The molecular weight excluding hydrogens is 430 g/mol. The topological polar surface area (TPSA) is 132 Å². The minimum atomic E-state index is -0.686. The quantitative estimate of drug-likeness (QED) is 0.493. The van der Waals surface area contributed by atoms with Crippen LogP contribution in [0.25, 0.3) is 0 Å². The molecule has 1 saturated carbocycles. The summed E-state index contributed by atoms with van der Waals surface area (Å²) in [7, 11) is 0. The number of H-pyrrole nitrogens is 1. The molecule has 0 radical (unpaired) electrons. The van der Waals surface area contributed by atoms with Crippen LogP contribution in [0, 0.1) is 6.92 Å². The Labute approximate surface area is 188 Å². The molecule has 4 rings (SSSR count). The first-order valence-electron chi connectivity index (χ1n) is 10.4. The third-order valence-electron chi connectivity index (χ3n) is 5.36. The molecule has 32 heavy (non-hydrogen) atoms. The third kappa shape index (κ3) is 4.33.